The van der Waals surface area contributed by atoms with Crippen molar-refractivity contribution in [1.29, 1.82) is 0 Å². The number of ether oxygens (including phenoxy) is 1. The zero-order chi connectivity index (χ0) is 23.3. The first kappa shape index (κ1) is 23.5. The Morgan fingerprint density at radius 3 is 2.56 bits per heavy atom. The maximum atomic E-state index is 12.9. The molecule has 168 valence electrons. The van der Waals surface area contributed by atoms with E-state index in [1.54, 1.807) is 4.90 Å². The van der Waals surface area contributed by atoms with Crippen molar-refractivity contribution in [2.75, 3.05) is 12.4 Å². The van der Waals surface area contributed by atoms with Gasteiger partial charge in [-0.3, -0.25) is 4.79 Å². The van der Waals surface area contributed by atoms with Crippen LogP contribution in [0, 0.1) is 0 Å². The van der Waals surface area contributed by atoms with Crippen molar-refractivity contribution in [3.63, 3.8) is 0 Å². The molecule has 0 saturated carbocycles. The molecule has 1 atom stereocenters. The minimum atomic E-state index is -0.467. The van der Waals surface area contributed by atoms with Crippen molar-refractivity contribution in [1.82, 2.24) is 10.2 Å². The second kappa shape index (κ2) is 10.4. The molecule has 7 heteroatoms. The number of amides is 1. The Hall–Kier alpha value is -3.19. The lowest BCUT2D eigenvalue weighted by molar-refractivity contribution is -0.143. The van der Waals surface area contributed by atoms with E-state index >= 15 is 0 Å². The van der Waals surface area contributed by atoms with Crippen LogP contribution < -0.4 is 10.6 Å². The van der Waals surface area contributed by atoms with E-state index in [0.717, 1.165) is 16.8 Å². The lowest BCUT2D eigenvalue weighted by Crippen LogP contribution is -2.46. The number of hydrogen-bond acceptors (Lipinski definition) is 4. The van der Waals surface area contributed by atoms with Crippen LogP contribution in [-0.2, 0) is 20.7 Å². The van der Waals surface area contributed by atoms with Crippen LogP contribution >= 0.6 is 12.2 Å². The fraction of sp³-hybridized carbons (Fsp3) is 0.320. The second-order valence-electron chi connectivity index (χ2n) is 8.05. The van der Waals surface area contributed by atoms with Gasteiger partial charge in [-0.25, -0.2) is 4.79 Å². The maximum absolute atomic E-state index is 12.9. The van der Waals surface area contributed by atoms with Crippen LogP contribution in [0.4, 0.5) is 5.69 Å². The Morgan fingerprint density at radius 2 is 1.88 bits per heavy atom. The Morgan fingerprint density at radius 1 is 1.16 bits per heavy atom. The predicted octanol–water partition coefficient (Wildman–Crippen LogP) is 4.34. The van der Waals surface area contributed by atoms with E-state index in [4.69, 9.17) is 17.0 Å². The van der Waals surface area contributed by atoms with Crippen LogP contribution in [0.1, 0.15) is 44.4 Å². The Labute approximate surface area is 194 Å². The van der Waals surface area contributed by atoms with Gasteiger partial charge in [0.15, 0.2) is 5.11 Å². The molecule has 2 N–H and O–H groups in total. The van der Waals surface area contributed by atoms with E-state index in [1.165, 1.54) is 0 Å². The van der Waals surface area contributed by atoms with Gasteiger partial charge in [0.2, 0.25) is 5.91 Å². The standard InChI is InChI=1S/C25H29N3O3S/c1-16(2)31-24(30)22-17(3)28(4)25(32)27-23(22)19-11-8-12-20(15-19)26-21(29)14-13-18-9-6-5-7-10-18/h5-12,15-16,23H,13-14H2,1-4H3,(H,26,29)(H,27,32). The molecule has 6 nitrogen and oxygen atoms in total. The molecule has 0 radical (unpaired) electrons. The number of aryl methyl sites for hydroxylation is 1. The Kier molecular flexibility index (Phi) is 7.64. The molecule has 1 aliphatic heterocycles. The SMILES string of the molecule is CC1=C(C(=O)OC(C)C)C(c2cccc(NC(=O)CCc3ccccc3)c2)NC(=S)N1C. The van der Waals surface area contributed by atoms with E-state index in [-0.39, 0.29) is 18.0 Å². The number of nitrogens with zero attached hydrogens (tertiary/aromatic N) is 1. The van der Waals surface area contributed by atoms with Gasteiger partial charge in [-0.2, -0.15) is 0 Å². The summed E-state index contributed by atoms with van der Waals surface area (Å²) in [5.41, 5.74) is 3.84. The largest absolute Gasteiger partial charge is 0.459 e. The molecular formula is C25H29N3O3S. The number of allylic oxidation sites excluding steroid dienone is 1. The molecule has 0 aliphatic carbocycles. The summed E-state index contributed by atoms with van der Waals surface area (Å²) >= 11 is 5.45. The first-order valence-corrected chi connectivity index (χ1v) is 11.1. The average Bonchev–Trinajstić information content (AvgIpc) is 2.76. The third-order valence-electron chi connectivity index (χ3n) is 5.30. The van der Waals surface area contributed by atoms with Gasteiger partial charge in [-0.15, -0.1) is 0 Å². The van der Waals surface area contributed by atoms with Crippen LogP contribution in [0.15, 0.2) is 65.9 Å². The number of anilines is 1. The summed E-state index contributed by atoms with van der Waals surface area (Å²) in [7, 11) is 1.81. The zero-order valence-corrected chi connectivity index (χ0v) is 19.7. The van der Waals surface area contributed by atoms with Crippen molar-refractivity contribution >= 4 is 34.9 Å². The van der Waals surface area contributed by atoms with E-state index in [9.17, 15) is 9.59 Å². The molecule has 0 saturated heterocycles. The van der Waals surface area contributed by atoms with Gasteiger partial charge in [-0.1, -0.05) is 42.5 Å². The lowest BCUT2D eigenvalue weighted by atomic mass is 9.94. The first-order chi connectivity index (χ1) is 15.3. The summed E-state index contributed by atoms with van der Waals surface area (Å²) in [4.78, 5) is 27.1. The fourth-order valence-electron chi connectivity index (χ4n) is 3.55. The Bertz CT molecular complexity index is 1030. The van der Waals surface area contributed by atoms with Crippen LogP contribution in [0.2, 0.25) is 0 Å². The number of hydrogen-bond donors (Lipinski definition) is 2. The van der Waals surface area contributed by atoms with Gasteiger partial charge in [-0.05, 0) is 62.7 Å². The van der Waals surface area contributed by atoms with Gasteiger partial charge < -0.3 is 20.3 Å². The number of carbonyl (C=O) groups is 2. The van der Waals surface area contributed by atoms with Gasteiger partial charge in [0.25, 0.3) is 0 Å². The molecule has 2 aromatic rings. The molecule has 2 aromatic carbocycles. The normalized spacial score (nSPS) is 16.1. The molecular weight excluding hydrogens is 422 g/mol. The van der Waals surface area contributed by atoms with E-state index in [0.29, 0.717) is 29.2 Å². The van der Waals surface area contributed by atoms with Crippen LogP contribution in [0.25, 0.3) is 0 Å². The molecule has 1 heterocycles. The third-order valence-corrected chi connectivity index (χ3v) is 5.70. The number of carbonyl (C=O) groups excluding carboxylic acids is 2. The van der Waals surface area contributed by atoms with Gasteiger partial charge in [0.05, 0.1) is 17.7 Å². The van der Waals surface area contributed by atoms with E-state index in [2.05, 4.69) is 10.6 Å². The molecule has 0 fully saturated rings. The first-order valence-electron chi connectivity index (χ1n) is 10.7. The summed E-state index contributed by atoms with van der Waals surface area (Å²) in [6.07, 6.45) is 0.818. The molecule has 1 amide bonds. The number of benzene rings is 2. The highest BCUT2D eigenvalue weighted by Crippen LogP contribution is 2.32. The van der Waals surface area contributed by atoms with E-state index in [1.807, 2.05) is 82.4 Å². The minimum Gasteiger partial charge on any atom is -0.459 e. The number of thiocarbonyl (C=S) groups is 1. The summed E-state index contributed by atoms with van der Waals surface area (Å²) in [6, 6.07) is 16.9. The smallest absolute Gasteiger partial charge is 0.338 e. The van der Waals surface area contributed by atoms with Crippen LogP contribution in [0.3, 0.4) is 0 Å². The molecule has 1 aliphatic rings. The van der Waals surface area contributed by atoms with Crippen molar-refractivity contribution in [2.24, 2.45) is 0 Å². The maximum Gasteiger partial charge on any atom is 0.338 e. The van der Waals surface area contributed by atoms with Crippen molar-refractivity contribution in [2.45, 2.75) is 45.8 Å². The lowest BCUT2D eigenvalue weighted by Gasteiger charge is -2.35. The molecule has 32 heavy (non-hydrogen) atoms. The van der Waals surface area contributed by atoms with Crippen molar-refractivity contribution in [3.8, 4) is 0 Å². The molecule has 3 rings (SSSR count). The van der Waals surface area contributed by atoms with Crippen LogP contribution in [-0.4, -0.2) is 35.0 Å². The van der Waals surface area contributed by atoms with Crippen molar-refractivity contribution < 1.29 is 14.3 Å². The topological polar surface area (TPSA) is 70.7 Å². The van der Waals surface area contributed by atoms with Gasteiger partial charge >= 0.3 is 5.97 Å². The zero-order valence-electron chi connectivity index (χ0n) is 18.8. The third kappa shape index (κ3) is 5.73. The molecule has 0 spiro atoms. The summed E-state index contributed by atoms with van der Waals surface area (Å²) in [6.45, 7) is 5.49. The predicted molar refractivity (Wildman–Crippen MR) is 130 cm³/mol. The van der Waals surface area contributed by atoms with Crippen molar-refractivity contribution in [3.05, 3.63) is 77.0 Å². The Balaban J connectivity index is 1.79. The monoisotopic (exact) mass is 451 g/mol. The summed E-state index contributed by atoms with van der Waals surface area (Å²) in [5.74, 6) is -0.453. The fourth-order valence-corrected chi connectivity index (χ4v) is 3.80. The highest BCUT2D eigenvalue weighted by atomic mass is 32.1. The minimum absolute atomic E-state index is 0.0657. The number of rotatable bonds is 7. The number of esters is 1. The second-order valence-corrected chi connectivity index (χ2v) is 8.44. The summed E-state index contributed by atoms with van der Waals surface area (Å²) < 4.78 is 5.49. The highest BCUT2D eigenvalue weighted by molar-refractivity contribution is 7.80. The molecule has 0 bridgehead atoms. The van der Waals surface area contributed by atoms with Crippen LogP contribution in [0.5, 0.6) is 0 Å². The quantitative estimate of drug-likeness (QED) is 0.482. The molecule has 0 aromatic heterocycles. The molecule has 1 unspecified atom stereocenters. The van der Waals surface area contributed by atoms with Gasteiger partial charge in [0, 0.05) is 24.9 Å². The van der Waals surface area contributed by atoms with Gasteiger partial charge in [0.1, 0.15) is 0 Å². The number of nitrogens with one attached hydrogen (secondary N) is 2. The highest BCUT2D eigenvalue weighted by Gasteiger charge is 2.34. The summed E-state index contributed by atoms with van der Waals surface area (Å²) in [5, 5.41) is 6.71. The van der Waals surface area contributed by atoms with E-state index < -0.39 is 6.04 Å². The average molecular weight is 452 g/mol.